The predicted molar refractivity (Wildman–Crippen MR) is 104 cm³/mol. The number of fused-ring (bicyclic) bond motifs is 5. The van der Waals surface area contributed by atoms with E-state index < -0.39 is 17.4 Å². The minimum Gasteiger partial charge on any atom is -0.497 e. The lowest BCUT2D eigenvalue weighted by Gasteiger charge is -2.47. The van der Waals surface area contributed by atoms with E-state index in [4.69, 9.17) is 14.2 Å². The van der Waals surface area contributed by atoms with Crippen LogP contribution in [0, 0.1) is 5.92 Å². The second-order valence-corrected chi connectivity index (χ2v) is 7.87. The number of carbonyl (C=O) groups is 2. The lowest BCUT2D eigenvalue weighted by molar-refractivity contribution is -0.164. The fraction of sp³-hybridized carbons (Fsp3) is 0.455. The van der Waals surface area contributed by atoms with E-state index in [9.17, 15) is 9.59 Å². The number of ether oxygens (including phenoxy) is 3. The molecule has 0 saturated heterocycles. The first kappa shape index (κ1) is 18.6. The number of aromatic amines is 1. The van der Waals surface area contributed by atoms with Crippen molar-refractivity contribution in [3.05, 3.63) is 41.6 Å². The molecule has 0 fully saturated rings. The van der Waals surface area contributed by atoms with Crippen LogP contribution >= 0.6 is 0 Å². The zero-order valence-electron chi connectivity index (χ0n) is 16.6. The van der Waals surface area contributed by atoms with Gasteiger partial charge in [-0.3, -0.25) is 9.59 Å². The molecule has 1 N–H and O–H groups in total. The molecule has 148 valence electrons. The summed E-state index contributed by atoms with van der Waals surface area (Å²) in [5, 5.41) is 0.791. The number of hydrogen-bond donors (Lipinski definition) is 1. The molecular weight excluding hydrogens is 358 g/mol. The molecule has 2 atom stereocenters. The van der Waals surface area contributed by atoms with E-state index in [0.29, 0.717) is 17.7 Å². The van der Waals surface area contributed by atoms with Crippen molar-refractivity contribution in [2.75, 3.05) is 21.3 Å². The van der Waals surface area contributed by atoms with Gasteiger partial charge in [-0.15, -0.1) is 0 Å². The SMILES string of the molecule is COC(=O)C1(C(=O)OC)C[C@H]2C=CCC[C@]2(C)c2[nH]c3ccc(OC)cc3c21. The number of esters is 2. The molecule has 1 heterocycles. The van der Waals surface area contributed by atoms with Crippen molar-refractivity contribution in [2.24, 2.45) is 5.92 Å². The van der Waals surface area contributed by atoms with E-state index in [-0.39, 0.29) is 11.3 Å². The zero-order valence-corrected chi connectivity index (χ0v) is 16.6. The number of methoxy groups -OCH3 is 3. The van der Waals surface area contributed by atoms with Gasteiger partial charge in [-0.2, -0.15) is 0 Å². The third-order valence-corrected chi connectivity index (χ3v) is 6.61. The average molecular weight is 383 g/mol. The Morgan fingerprint density at radius 3 is 2.50 bits per heavy atom. The quantitative estimate of drug-likeness (QED) is 0.499. The first-order valence-corrected chi connectivity index (χ1v) is 9.46. The maximum absolute atomic E-state index is 13.1. The van der Waals surface area contributed by atoms with Crippen LogP contribution in [0.1, 0.15) is 37.4 Å². The van der Waals surface area contributed by atoms with Gasteiger partial charge >= 0.3 is 11.9 Å². The maximum Gasteiger partial charge on any atom is 0.327 e. The van der Waals surface area contributed by atoms with Gasteiger partial charge in [0, 0.05) is 27.6 Å². The van der Waals surface area contributed by atoms with Crippen molar-refractivity contribution >= 4 is 22.8 Å². The van der Waals surface area contributed by atoms with Crippen LogP contribution in [0.25, 0.3) is 10.9 Å². The number of nitrogens with one attached hydrogen (secondary N) is 1. The molecule has 1 aromatic heterocycles. The lowest BCUT2D eigenvalue weighted by atomic mass is 9.55. The standard InChI is InChI=1S/C22H25NO5/c1-21-10-6-5-7-13(21)12-22(19(24)27-3,20(25)28-4)17-15-11-14(26-2)8-9-16(15)23-18(17)21/h5,7-9,11,13,23H,6,10,12H2,1-4H3/t13-,21+/m1/s1. The van der Waals surface area contributed by atoms with Gasteiger partial charge in [-0.05, 0) is 43.4 Å². The molecule has 0 bridgehead atoms. The molecule has 1 aromatic carbocycles. The topological polar surface area (TPSA) is 77.6 Å². The first-order chi connectivity index (χ1) is 13.4. The van der Waals surface area contributed by atoms with E-state index in [2.05, 4.69) is 24.1 Å². The Balaban J connectivity index is 2.13. The van der Waals surface area contributed by atoms with Crippen molar-refractivity contribution in [3.8, 4) is 5.75 Å². The highest BCUT2D eigenvalue weighted by Crippen LogP contribution is 2.56. The van der Waals surface area contributed by atoms with Gasteiger partial charge in [-0.25, -0.2) is 0 Å². The molecular formula is C22H25NO5. The molecule has 2 aliphatic rings. The van der Waals surface area contributed by atoms with Gasteiger partial charge < -0.3 is 19.2 Å². The van der Waals surface area contributed by atoms with Crippen molar-refractivity contribution in [2.45, 2.75) is 37.0 Å². The summed E-state index contributed by atoms with van der Waals surface area (Å²) in [5.41, 5.74) is 0.706. The summed E-state index contributed by atoms with van der Waals surface area (Å²) in [4.78, 5) is 29.8. The second-order valence-electron chi connectivity index (χ2n) is 7.87. The monoisotopic (exact) mass is 383 g/mol. The van der Waals surface area contributed by atoms with Crippen molar-refractivity contribution in [1.82, 2.24) is 4.98 Å². The van der Waals surface area contributed by atoms with Crippen molar-refractivity contribution < 1.29 is 23.8 Å². The molecule has 0 amide bonds. The normalized spacial score (nSPS) is 24.9. The van der Waals surface area contributed by atoms with Crippen molar-refractivity contribution in [1.29, 1.82) is 0 Å². The molecule has 28 heavy (non-hydrogen) atoms. The van der Waals surface area contributed by atoms with E-state index in [0.717, 1.165) is 29.4 Å². The Hall–Kier alpha value is -2.76. The number of benzene rings is 1. The summed E-state index contributed by atoms with van der Waals surface area (Å²) in [6.07, 6.45) is 6.45. The van der Waals surface area contributed by atoms with Crippen LogP contribution < -0.4 is 4.74 Å². The number of rotatable bonds is 3. The van der Waals surface area contributed by atoms with Crippen molar-refractivity contribution in [3.63, 3.8) is 0 Å². The van der Waals surface area contributed by atoms with Gasteiger partial charge in [0.05, 0.1) is 21.3 Å². The van der Waals surface area contributed by atoms with Gasteiger partial charge in [0.15, 0.2) is 5.41 Å². The summed E-state index contributed by atoms with van der Waals surface area (Å²) < 4.78 is 15.7. The maximum atomic E-state index is 13.1. The Kier molecular flexibility index (Phi) is 4.25. The van der Waals surface area contributed by atoms with Crippen LogP contribution in [0.4, 0.5) is 0 Å². The summed E-state index contributed by atoms with van der Waals surface area (Å²) in [5.74, 6) is -0.508. The van der Waals surface area contributed by atoms with Gasteiger partial charge in [0.2, 0.25) is 0 Å². The highest BCUT2D eigenvalue weighted by molar-refractivity contribution is 6.11. The van der Waals surface area contributed by atoms with E-state index >= 15 is 0 Å². The second kappa shape index (κ2) is 6.40. The molecule has 0 radical (unpaired) electrons. The fourth-order valence-corrected chi connectivity index (χ4v) is 5.05. The number of aromatic nitrogens is 1. The molecule has 6 heteroatoms. The van der Waals surface area contributed by atoms with E-state index in [1.54, 1.807) is 7.11 Å². The lowest BCUT2D eigenvalue weighted by Crippen LogP contribution is -2.54. The Bertz CT molecular complexity index is 972. The third kappa shape index (κ3) is 2.26. The average Bonchev–Trinajstić information content (AvgIpc) is 3.12. The largest absolute Gasteiger partial charge is 0.497 e. The van der Waals surface area contributed by atoms with Crippen LogP contribution in [0.5, 0.6) is 5.75 Å². The summed E-state index contributed by atoms with van der Waals surface area (Å²) >= 11 is 0. The molecule has 0 spiro atoms. The Morgan fingerprint density at radius 2 is 1.86 bits per heavy atom. The smallest absolute Gasteiger partial charge is 0.327 e. The number of allylic oxidation sites excluding steroid dienone is 2. The van der Waals surface area contributed by atoms with E-state index in [1.165, 1.54) is 14.2 Å². The minimum atomic E-state index is -1.52. The third-order valence-electron chi connectivity index (χ3n) is 6.61. The summed E-state index contributed by atoms with van der Waals surface area (Å²) in [6, 6.07) is 5.65. The molecule has 4 rings (SSSR count). The summed E-state index contributed by atoms with van der Waals surface area (Å²) in [7, 11) is 4.22. The van der Waals surface area contributed by atoms with Gasteiger partial charge in [-0.1, -0.05) is 19.1 Å². The molecule has 2 aliphatic carbocycles. The number of hydrogen-bond acceptors (Lipinski definition) is 5. The minimum absolute atomic E-state index is 0.0157. The van der Waals surface area contributed by atoms with Crippen LogP contribution in [0.3, 0.4) is 0 Å². The van der Waals surface area contributed by atoms with Gasteiger partial charge in [0.1, 0.15) is 5.75 Å². The molecule has 0 aliphatic heterocycles. The van der Waals surface area contributed by atoms with E-state index in [1.807, 2.05) is 18.2 Å². The fourth-order valence-electron chi connectivity index (χ4n) is 5.05. The first-order valence-electron chi connectivity index (χ1n) is 9.46. The van der Waals surface area contributed by atoms with Crippen LogP contribution in [-0.2, 0) is 29.9 Å². The van der Waals surface area contributed by atoms with Crippen LogP contribution in [-0.4, -0.2) is 38.3 Å². The highest BCUT2D eigenvalue weighted by atomic mass is 16.5. The summed E-state index contributed by atoms with van der Waals surface area (Å²) in [6.45, 7) is 2.20. The number of H-pyrrole nitrogens is 1. The van der Waals surface area contributed by atoms with Crippen LogP contribution in [0.2, 0.25) is 0 Å². The van der Waals surface area contributed by atoms with Gasteiger partial charge in [0.25, 0.3) is 0 Å². The Morgan fingerprint density at radius 1 is 1.14 bits per heavy atom. The predicted octanol–water partition coefficient (Wildman–Crippen LogP) is 3.39. The zero-order chi connectivity index (χ0) is 20.1. The molecule has 2 aromatic rings. The number of carbonyl (C=O) groups excluding carboxylic acids is 2. The molecule has 6 nitrogen and oxygen atoms in total. The van der Waals surface area contributed by atoms with Crippen LogP contribution in [0.15, 0.2) is 30.4 Å². The Labute approximate surface area is 163 Å². The molecule has 0 unspecified atom stereocenters. The molecule has 0 saturated carbocycles. The highest BCUT2D eigenvalue weighted by Gasteiger charge is 2.61.